The number of hydrogen-bond acceptors (Lipinski definition) is 5. The highest BCUT2D eigenvalue weighted by Crippen LogP contribution is 2.36. The summed E-state index contributed by atoms with van der Waals surface area (Å²) in [5, 5.41) is 0. The van der Waals surface area contributed by atoms with Gasteiger partial charge in [-0.1, -0.05) is 11.6 Å². The Morgan fingerprint density at radius 3 is 2.95 bits per heavy atom. The third-order valence-electron chi connectivity index (χ3n) is 4.16. The van der Waals surface area contributed by atoms with Crippen molar-refractivity contribution in [2.45, 2.75) is 32.7 Å². The molecule has 4 nitrogen and oxygen atoms in total. The highest BCUT2D eigenvalue weighted by atomic mass is 35.5. The average molecular weight is 346 g/mol. The molecule has 0 bridgehead atoms. The van der Waals surface area contributed by atoms with Crippen LogP contribution >= 0.6 is 22.9 Å². The quantitative estimate of drug-likeness (QED) is 0.708. The van der Waals surface area contributed by atoms with E-state index in [4.69, 9.17) is 21.1 Å². The lowest BCUT2D eigenvalue weighted by Gasteiger charge is -2.40. The maximum Gasteiger partial charge on any atom is 0.313 e. The first-order valence-corrected chi connectivity index (χ1v) is 8.92. The standard InChI is InChI=1S/C16H24ClNO3S/c1-3-21-15(19)16(8-10-20-2)7-4-9-18(12-16)11-13-5-6-14(17)22-13/h5-6H,3-4,7-12H2,1-2H3. The predicted octanol–water partition coefficient (Wildman–Crippen LogP) is 3.58. The van der Waals surface area contributed by atoms with Gasteiger partial charge in [-0.3, -0.25) is 9.69 Å². The van der Waals surface area contributed by atoms with Crippen LogP contribution in [0.2, 0.25) is 4.34 Å². The fraction of sp³-hybridized carbons (Fsp3) is 0.688. The van der Waals surface area contributed by atoms with Gasteiger partial charge in [0.15, 0.2) is 0 Å². The maximum atomic E-state index is 12.5. The smallest absolute Gasteiger partial charge is 0.313 e. The first-order valence-electron chi connectivity index (χ1n) is 7.72. The van der Waals surface area contributed by atoms with E-state index in [9.17, 15) is 4.79 Å². The molecule has 1 unspecified atom stereocenters. The summed E-state index contributed by atoms with van der Waals surface area (Å²) < 4.78 is 11.4. The average Bonchev–Trinajstić information content (AvgIpc) is 2.91. The number of halogens is 1. The minimum absolute atomic E-state index is 0.0824. The normalized spacial score (nSPS) is 22.7. The third-order valence-corrected chi connectivity index (χ3v) is 5.37. The Balaban J connectivity index is 2.06. The molecule has 0 N–H and O–H groups in total. The van der Waals surface area contributed by atoms with Crippen LogP contribution in [0.5, 0.6) is 0 Å². The Labute approximate surface area is 141 Å². The number of carbonyl (C=O) groups excluding carboxylic acids is 1. The first kappa shape index (κ1) is 17.7. The van der Waals surface area contributed by atoms with Crippen LogP contribution in [0.1, 0.15) is 31.1 Å². The Morgan fingerprint density at radius 1 is 1.50 bits per heavy atom. The van der Waals surface area contributed by atoms with Crippen LogP contribution in [0.15, 0.2) is 12.1 Å². The molecule has 1 aliphatic rings. The number of methoxy groups -OCH3 is 1. The van der Waals surface area contributed by atoms with Crippen molar-refractivity contribution in [3.63, 3.8) is 0 Å². The van der Waals surface area contributed by atoms with Crippen molar-refractivity contribution >= 4 is 28.9 Å². The van der Waals surface area contributed by atoms with Crippen LogP contribution in [-0.2, 0) is 20.8 Å². The van der Waals surface area contributed by atoms with Crippen molar-refractivity contribution in [1.82, 2.24) is 4.90 Å². The van der Waals surface area contributed by atoms with E-state index >= 15 is 0 Å². The van der Waals surface area contributed by atoms with Gasteiger partial charge < -0.3 is 9.47 Å². The lowest BCUT2D eigenvalue weighted by molar-refractivity contribution is -0.160. The molecule has 0 aromatic carbocycles. The van der Waals surface area contributed by atoms with Crippen molar-refractivity contribution in [2.75, 3.05) is 33.4 Å². The lowest BCUT2D eigenvalue weighted by Crippen LogP contribution is -2.48. The lowest BCUT2D eigenvalue weighted by atomic mass is 9.77. The molecule has 124 valence electrons. The number of piperidine rings is 1. The van der Waals surface area contributed by atoms with Gasteiger partial charge in [0.05, 0.1) is 16.4 Å². The molecule has 2 rings (SSSR count). The van der Waals surface area contributed by atoms with Crippen molar-refractivity contribution < 1.29 is 14.3 Å². The van der Waals surface area contributed by atoms with Gasteiger partial charge in [0.2, 0.25) is 0 Å². The predicted molar refractivity (Wildman–Crippen MR) is 89.4 cm³/mol. The van der Waals surface area contributed by atoms with Crippen LogP contribution in [0.3, 0.4) is 0 Å². The number of rotatable bonds is 7. The zero-order valence-electron chi connectivity index (χ0n) is 13.3. The molecule has 2 heterocycles. The summed E-state index contributed by atoms with van der Waals surface area (Å²) in [7, 11) is 1.67. The second kappa shape index (κ2) is 8.29. The Bertz CT molecular complexity index is 493. The molecule has 0 aliphatic carbocycles. The Kier molecular flexibility index (Phi) is 6.68. The second-order valence-corrected chi connectivity index (χ2v) is 7.56. The molecule has 1 atom stereocenters. The van der Waals surface area contributed by atoms with Gasteiger partial charge in [0.25, 0.3) is 0 Å². The number of hydrogen-bond donors (Lipinski definition) is 0. The number of carbonyl (C=O) groups is 1. The summed E-state index contributed by atoms with van der Waals surface area (Å²) >= 11 is 7.60. The van der Waals surface area contributed by atoms with E-state index in [1.54, 1.807) is 18.4 Å². The molecule has 6 heteroatoms. The van der Waals surface area contributed by atoms with Crippen LogP contribution < -0.4 is 0 Å². The van der Waals surface area contributed by atoms with Gasteiger partial charge in [0, 0.05) is 31.7 Å². The molecule has 22 heavy (non-hydrogen) atoms. The Hall–Kier alpha value is -0.620. The van der Waals surface area contributed by atoms with Gasteiger partial charge in [-0.25, -0.2) is 0 Å². The van der Waals surface area contributed by atoms with Crippen LogP contribution in [-0.4, -0.2) is 44.3 Å². The number of esters is 1. The molecule has 1 saturated heterocycles. The number of likely N-dealkylation sites (tertiary alicyclic amines) is 1. The largest absolute Gasteiger partial charge is 0.466 e. The topological polar surface area (TPSA) is 38.8 Å². The monoisotopic (exact) mass is 345 g/mol. The molecular weight excluding hydrogens is 322 g/mol. The Morgan fingerprint density at radius 2 is 2.32 bits per heavy atom. The van der Waals surface area contributed by atoms with Gasteiger partial charge in [0.1, 0.15) is 0 Å². The van der Waals surface area contributed by atoms with E-state index in [0.29, 0.717) is 19.6 Å². The zero-order chi connectivity index (χ0) is 16.0. The fourth-order valence-corrected chi connectivity index (χ4v) is 4.20. The zero-order valence-corrected chi connectivity index (χ0v) is 14.8. The molecule has 1 aromatic rings. The van der Waals surface area contributed by atoms with E-state index in [1.807, 2.05) is 13.0 Å². The van der Waals surface area contributed by atoms with Crippen LogP contribution in [0.4, 0.5) is 0 Å². The van der Waals surface area contributed by atoms with Gasteiger partial charge in [-0.15, -0.1) is 11.3 Å². The summed E-state index contributed by atoms with van der Waals surface area (Å²) in [5.74, 6) is -0.0824. The molecule has 0 amide bonds. The summed E-state index contributed by atoms with van der Waals surface area (Å²) in [6, 6.07) is 3.98. The number of nitrogens with zero attached hydrogens (tertiary/aromatic N) is 1. The van der Waals surface area contributed by atoms with E-state index in [1.165, 1.54) is 4.88 Å². The number of ether oxygens (including phenoxy) is 2. The van der Waals surface area contributed by atoms with Crippen LogP contribution in [0.25, 0.3) is 0 Å². The molecule has 1 aromatic heterocycles. The first-order chi connectivity index (χ1) is 10.6. The summed E-state index contributed by atoms with van der Waals surface area (Å²) in [5.41, 5.74) is -0.439. The molecular formula is C16H24ClNO3S. The minimum atomic E-state index is -0.439. The van der Waals surface area contributed by atoms with Crippen molar-refractivity contribution in [2.24, 2.45) is 5.41 Å². The van der Waals surface area contributed by atoms with Gasteiger partial charge in [-0.2, -0.15) is 0 Å². The molecule has 1 aliphatic heterocycles. The van der Waals surface area contributed by atoms with Crippen molar-refractivity contribution in [3.05, 3.63) is 21.3 Å². The van der Waals surface area contributed by atoms with Crippen molar-refractivity contribution in [3.8, 4) is 0 Å². The van der Waals surface area contributed by atoms with E-state index in [-0.39, 0.29) is 5.97 Å². The maximum absolute atomic E-state index is 12.5. The van der Waals surface area contributed by atoms with Crippen molar-refractivity contribution in [1.29, 1.82) is 0 Å². The minimum Gasteiger partial charge on any atom is -0.466 e. The molecule has 0 radical (unpaired) electrons. The van der Waals surface area contributed by atoms with Gasteiger partial charge in [-0.05, 0) is 44.9 Å². The van der Waals surface area contributed by atoms with E-state index in [2.05, 4.69) is 11.0 Å². The number of thiophene rings is 1. The third kappa shape index (κ3) is 4.44. The highest BCUT2D eigenvalue weighted by molar-refractivity contribution is 7.16. The highest BCUT2D eigenvalue weighted by Gasteiger charge is 2.43. The summed E-state index contributed by atoms with van der Waals surface area (Å²) in [6.45, 7) is 5.43. The molecule has 0 spiro atoms. The molecule has 1 fully saturated rings. The van der Waals surface area contributed by atoms with Crippen LogP contribution in [0, 0.1) is 5.41 Å². The summed E-state index contributed by atoms with van der Waals surface area (Å²) in [4.78, 5) is 16.1. The van der Waals surface area contributed by atoms with E-state index in [0.717, 1.165) is 36.8 Å². The second-order valence-electron chi connectivity index (χ2n) is 5.76. The fourth-order valence-electron chi connectivity index (χ4n) is 3.07. The van der Waals surface area contributed by atoms with Gasteiger partial charge >= 0.3 is 5.97 Å². The SMILES string of the molecule is CCOC(=O)C1(CCOC)CCCN(Cc2ccc(Cl)s2)C1. The summed E-state index contributed by atoms with van der Waals surface area (Å²) in [6.07, 6.45) is 2.59. The molecule has 0 saturated carbocycles. The van der Waals surface area contributed by atoms with E-state index < -0.39 is 5.41 Å².